The molecular formula is C17H17BO6S. The van der Waals surface area contributed by atoms with Gasteiger partial charge in [0.15, 0.2) is 0 Å². The lowest BCUT2D eigenvalue weighted by atomic mass is 9.64. The van der Waals surface area contributed by atoms with Gasteiger partial charge < -0.3 is 19.5 Å². The van der Waals surface area contributed by atoms with Gasteiger partial charge >= 0.3 is 13.1 Å². The van der Waals surface area contributed by atoms with E-state index in [2.05, 4.69) is 0 Å². The number of Topliss-reactive ketones (excluding diaryl/α,β-unsaturated/α-hetero) is 1. The number of ether oxygens (including phenoxy) is 1. The number of carboxylic acids is 1. The number of carbonyl (C=O) groups is 2. The van der Waals surface area contributed by atoms with E-state index in [0.29, 0.717) is 18.4 Å². The van der Waals surface area contributed by atoms with Crippen molar-refractivity contribution >= 4 is 30.2 Å². The Labute approximate surface area is 149 Å². The van der Waals surface area contributed by atoms with Gasteiger partial charge in [-0.05, 0) is 29.5 Å². The minimum Gasteiger partial charge on any atom is -0.535 e. The van der Waals surface area contributed by atoms with Crippen molar-refractivity contribution in [1.82, 2.24) is 0 Å². The Morgan fingerprint density at radius 2 is 2.20 bits per heavy atom. The lowest BCUT2D eigenvalue weighted by molar-refractivity contribution is -0.118. The zero-order valence-electron chi connectivity index (χ0n) is 13.6. The highest BCUT2D eigenvalue weighted by molar-refractivity contribution is 7.10. The number of hydrogen-bond donors (Lipinski definition) is 2. The van der Waals surface area contributed by atoms with Gasteiger partial charge in [-0.3, -0.25) is 4.79 Å². The molecule has 2 aromatic rings. The molecule has 0 unspecified atom stereocenters. The summed E-state index contributed by atoms with van der Waals surface area (Å²) < 4.78 is 10.5. The largest absolute Gasteiger partial charge is 0.535 e. The van der Waals surface area contributed by atoms with E-state index in [1.54, 1.807) is 12.1 Å². The minimum atomic E-state index is -1.23. The molecular weight excluding hydrogens is 343 g/mol. The quantitative estimate of drug-likeness (QED) is 0.769. The van der Waals surface area contributed by atoms with E-state index in [9.17, 15) is 19.7 Å². The second-order valence-electron chi connectivity index (χ2n) is 5.91. The molecule has 2 heterocycles. The van der Waals surface area contributed by atoms with Crippen LogP contribution in [0.3, 0.4) is 0 Å². The van der Waals surface area contributed by atoms with Crippen molar-refractivity contribution in [2.75, 3.05) is 7.11 Å². The van der Waals surface area contributed by atoms with Crippen molar-refractivity contribution in [3.63, 3.8) is 0 Å². The Kier molecular flexibility index (Phi) is 5.10. The summed E-state index contributed by atoms with van der Waals surface area (Å²) in [4.78, 5) is 24.7. The summed E-state index contributed by atoms with van der Waals surface area (Å²) in [5.74, 6) is -1.29. The van der Waals surface area contributed by atoms with Crippen LogP contribution in [0.1, 0.15) is 27.2 Å². The van der Waals surface area contributed by atoms with Gasteiger partial charge in [-0.2, -0.15) is 0 Å². The van der Waals surface area contributed by atoms with Gasteiger partial charge in [-0.15, -0.1) is 11.3 Å². The molecule has 0 bridgehead atoms. The van der Waals surface area contributed by atoms with Crippen LogP contribution in [0.5, 0.6) is 11.5 Å². The van der Waals surface area contributed by atoms with Crippen LogP contribution in [0.2, 0.25) is 5.82 Å². The summed E-state index contributed by atoms with van der Waals surface area (Å²) in [5, 5.41) is 21.6. The maximum absolute atomic E-state index is 12.2. The fourth-order valence-corrected chi connectivity index (χ4v) is 3.75. The number of carbonyl (C=O) groups excluding carboxylic acids is 1. The van der Waals surface area contributed by atoms with Gasteiger partial charge in [0.1, 0.15) is 22.8 Å². The monoisotopic (exact) mass is 360 g/mol. The van der Waals surface area contributed by atoms with Crippen molar-refractivity contribution in [2.24, 2.45) is 0 Å². The van der Waals surface area contributed by atoms with Crippen LogP contribution in [0, 0.1) is 0 Å². The lowest BCUT2D eigenvalue weighted by Gasteiger charge is -2.28. The molecule has 8 heteroatoms. The third-order valence-electron chi connectivity index (χ3n) is 4.20. The molecule has 2 N–H and O–H groups in total. The van der Waals surface area contributed by atoms with Gasteiger partial charge in [-0.25, -0.2) is 4.79 Å². The highest BCUT2D eigenvalue weighted by Crippen LogP contribution is 2.40. The van der Waals surface area contributed by atoms with Crippen molar-refractivity contribution in [2.45, 2.75) is 25.1 Å². The van der Waals surface area contributed by atoms with Gasteiger partial charge in [-0.1, -0.05) is 12.1 Å². The molecule has 0 amide bonds. The van der Waals surface area contributed by atoms with Crippen molar-refractivity contribution in [1.29, 1.82) is 0 Å². The number of aromatic carboxylic acids is 1. The second-order valence-corrected chi connectivity index (χ2v) is 6.94. The Morgan fingerprint density at radius 1 is 1.40 bits per heavy atom. The van der Waals surface area contributed by atoms with Gasteiger partial charge in [0.05, 0.1) is 7.11 Å². The highest BCUT2D eigenvalue weighted by atomic mass is 32.1. The first-order valence-electron chi connectivity index (χ1n) is 7.81. The van der Waals surface area contributed by atoms with E-state index in [1.165, 1.54) is 18.4 Å². The number of benzene rings is 1. The SMILES string of the molecule is COc1ccc2c(c1C(=O)O)OB(O)[C@@H](CC(=O)Cc1cccs1)C2. The Bertz CT molecular complexity index is 789. The smallest absolute Gasteiger partial charge is 0.526 e. The first-order valence-corrected chi connectivity index (χ1v) is 8.69. The maximum Gasteiger partial charge on any atom is 0.526 e. The van der Waals surface area contributed by atoms with Crippen LogP contribution in [-0.2, 0) is 17.6 Å². The van der Waals surface area contributed by atoms with E-state index in [0.717, 1.165) is 4.88 Å². The summed E-state index contributed by atoms with van der Waals surface area (Å²) in [6.45, 7) is 0. The van der Waals surface area contributed by atoms with E-state index in [4.69, 9.17) is 9.39 Å². The Hall–Kier alpha value is -2.32. The van der Waals surface area contributed by atoms with E-state index >= 15 is 0 Å². The maximum atomic E-state index is 12.2. The van der Waals surface area contributed by atoms with Crippen LogP contribution in [0.25, 0.3) is 0 Å². The van der Waals surface area contributed by atoms with Gasteiger partial charge in [0.2, 0.25) is 0 Å². The predicted molar refractivity (Wildman–Crippen MR) is 93.7 cm³/mol. The van der Waals surface area contributed by atoms with Crippen LogP contribution in [0.4, 0.5) is 0 Å². The highest BCUT2D eigenvalue weighted by Gasteiger charge is 2.38. The average Bonchev–Trinajstić information content (AvgIpc) is 3.07. The predicted octanol–water partition coefficient (Wildman–Crippen LogP) is 2.44. The molecule has 0 radical (unpaired) electrons. The molecule has 3 rings (SSSR count). The molecule has 1 aromatic heterocycles. The van der Waals surface area contributed by atoms with Crippen LogP contribution in [-0.4, -0.2) is 36.1 Å². The number of hydrogen-bond acceptors (Lipinski definition) is 6. The summed E-state index contributed by atoms with van der Waals surface area (Å²) >= 11 is 1.52. The first-order chi connectivity index (χ1) is 12.0. The number of methoxy groups -OCH3 is 1. The molecule has 0 fully saturated rings. The van der Waals surface area contributed by atoms with E-state index in [1.807, 2.05) is 17.5 Å². The number of carboxylic acid groups (broad SMARTS) is 1. The van der Waals surface area contributed by atoms with Crippen molar-refractivity contribution < 1.29 is 29.1 Å². The zero-order valence-corrected chi connectivity index (χ0v) is 14.4. The van der Waals surface area contributed by atoms with Crippen LogP contribution < -0.4 is 9.39 Å². The molecule has 1 atom stereocenters. The number of rotatable bonds is 6. The van der Waals surface area contributed by atoms with Crippen LogP contribution >= 0.6 is 11.3 Å². The Morgan fingerprint density at radius 3 is 2.84 bits per heavy atom. The summed E-state index contributed by atoms with van der Waals surface area (Å²) in [5.41, 5.74) is 0.542. The standard InChI is InChI=1S/C17H17BO6S/c1-23-14-5-4-10-7-11(8-12(19)9-13-3-2-6-25-13)18(22)24-16(10)15(14)17(20)21/h2-6,11,22H,7-9H2,1H3,(H,20,21)/t11-/m1/s1. The third-order valence-corrected chi connectivity index (χ3v) is 5.08. The summed E-state index contributed by atoms with van der Waals surface area (Å²) in [7, 11) is 0.143. The summed E-state index contributed by atoms with van der Waals surface area (Å²) in [6.07, 6.45) is 0.876. The molecule has 1 aromatic carbocycles. The minimum absolute atomic E-state index is 0.0190. The number of ketones is 1. The van der Waals surface area contributed by atoms with Crippen LogP contribution in [0.15, 0.2) is 29.6 Å². The van der Waals surface area contributed by atoms with Crippen molar-refractivity contribution in [3.05, 3.63) is 45.6 Å². The summed E-state index contributed by atoms with van der Waals surface area (Å²) in [6, 6.07) is 7.07. The number of fused-ring (bicyclic) bond motifs is 1. The normalized spacial score (nSPS) is 16.1. The molecule has 130 valence electrons. The second kappa shape index (κ2) is 7.29. The molecule has 0 spiro atoms. The first kappa shape index (κ1) is 17.5. The molecule has 6 nitrogen and oxygen atoms in total. The lowest BCUT2D eigenvalue weighted by Crippen LogP contribution is -2.36. The van der Waals surface area contributed by atoms with Gasteiger partial charge in [0, 0.05) is 23.5 Å². The average molecular weight is 360 g/mol. The molecule has 0 saturated heterocycles. The van der Waals surface area contributed by atoms with Gasteiger partial charge in [0.25, 0.3) is 0 Å². The van der Waals surface area contributed by atoms with Crippen molar-refractivity contribution in [3.8, 4) is 11.5 Å². The van der Waals surface area contributed by atoms with E-state index in [-0.39, 0.29) is 29.3 Å². The zero-order chi connectivity index (χ0) is 18.0. The third kappa shape index (κ3) is 3.70. The molecule has 25 heavy (non-hydrogen) atoms. The fourth-order valence-electron chi connectivity index (χ4n) is 3.02. The topological polar surface area (TPSA) is 93.1 Å². The molecule has 0 saturated carbocycles. The Balaban J connectivity index is 1.78. The molecule has 1 aliphatic rings. The fraction of sp³-hybridized carbons (Fsp3) is 0.294. The number of thiophene rings is 1. The molecule has 1 aliphatic heterocycles. The van der Waals surface area contributed by atoms with E-state index < -0.39 is 18.9 Å². The molecule has 0 aliphatic carbocycles.